The van der Waals surface area contributed by atoms with Gasteiger partial charge in [0, 0.05) is 30.7 Å². The predicted octanol–water partition coefficient (Wildman–Crippen LogP) is 3.56. The number of benzene rings is 1. The van der Waals surface area contributed by atoms with Gasteiger partial charge in [-0.15, -0.1) is 0 Å². The van der Waals surface area contributed by atoms with Crippen molar-refractivity contribution in [1.82, 2.24) is 15.1 Å². The van der Waals surface area contributed by atoms with Crippen LogP contribution in [0.25, 0.3) is 0 Å². The van der Waals surface area contributed by atoms with Crippen LogP contribution in [0, 0.1) is 0 Å². The van der Waals surface area contributed by atoms with Crippen LogP contribution in [0.4, 0.5) is 0 Å². The molecule has 0 radical (unpaired) electrons. The third-order valence-corrected chi connectivity index (χ3v) is 6.10. The molecule has 156 valence electrons. The van der Waals surface area contributed by atoms with E-state index in [2.05, 4.69) is 22.0 Å². The van der Waals surface area contributed by atoms with E-state index in [1.54, 1.807) is 0 Å². The molecule has 2 saturated heterocycles. The van der Waals surface area contributed by atoms with E-state index in [4.69, 9.17) is 16.3 Å². The van der Waals surface area contributed by atoms with Crippen molar-refractivity contribution in [2.45, 2.75) is 57.5 Å². The van der Waals surface area contributed by atoms with Crippen LogP contribution in [0.5, 0.6) is 5.75 Å². The number of carbonyl (C=O) groups excluding carboxylic acids is 1. The molecule has 6 heteroatoms. The number of likely N-dealkylation sites (tertiary alicyclic amines) is 2. The van der Waals surface area contributed by atoms with Gasteiger partial charge in [0.15, 0.2) is 0 Å². The van der Waals surface area contributed by atoms with Gasteiger partial charge in [0.25, 0.3) is 0 Å². The standard InChI is InChI=1S/C22H34ClN3O2/c1-2-12-26-13-4-3-5-21(26)22(27)24-19-10-14-25(15-11-19)16-17-28-20-8-6-18(23)7-9-20/h6-9,19,21H,2-5,10-17H2,1H3,(H,24,27). The molecule has 3 rings (SSSR count). The van der Waals surface area contributed by atoms with E-state index in [-0.39, 0.29) is 11.9 Å². The third-order valence-electron chi connectivity index (χ3n) is 5.85. The first-order valence-electron chi connectivity index (χ1n) is 10.8. The van der Waals surface area contributed by atoms with Gasteiger partial charge in [0.05, 0.1) is 6.04 Å². The lowest BCUT2D eigenvalue weighted by molar-refractivity contribution is -0.128. The van der Waals surface area contributed by atoms with Crippen molar-refractivity contribution >= 4 is 17.5 Å². The van der Waals surface area contributed by atoms with Crippen molar-refractivity contribution in [3.8, 4) is 5.75 Å². The van der Waals surface area contributed by atoms with Crippen molar-refractivity contribution < 1.29 is 9.53 Å². The summed E-state index contributed by atoms with van der Waals surface area (Å²) in [6.07, 6.45) is 6.55. The maximum atomic E-state index is 12.8. The molecule has 5 nitrogen and oxygen atoms in total. The fraction of sp³-hybridized carbons (Fsp3) is 0.682. The van der Waals surface area contributed by atoms with Gasteiger partial charge in [-0.2, -0.15) is 0 Å². The Morgan fingerprint density at radius 3 is 2.57 bits per heavy atom. The second kappa shape index (κ2) is 11.0. The number of amides is 1. The second-order valence-electron chi connectivity index (χ2n) is 7.97. The van der Waals surface area contributed by atoms with E-state index < -0.39 is 0 Å². The van der Waals surface area contributed by atoms with Crippen LogP contribution in [0.2, 0.25) is 5.02 Å². The highest BCUT2D eigenvalue weighted by atomic mass is 35.5. The molecular formula is C22H34ClN3O2. The molecule has 1 aromatic rings. The van der Waals surface area contributed by atoms with Gasteiger partial charge in [0.2, 0.25) is 5.91 Å². The SMILES string of the molecule is CCCN1CCCCC1C(=O)NC1CCN(CCOc2ccc(Cl)cc2)CC1. The first-order valence-corrected chi connectivity index (χ1v) is 11.2. The molecule has 1 amide bonds. The Morgan fingerprint density at radius 1 is 1.11 bits per heavy atom. The zero-order valence-corrected chi connectivity index (χ0v) is 17.8. The summed E-state index contributed by atoms with van der Waals surface area (Å²) in [6.45, 7) is 7.90. The van der Waals surface area contributed by atoms with Crippen molar-refractivity contribution in [1.29, 1.82) is 0 Å². The Balaban J connectivity index is 1.35. The smallest absolute Gasteiger partial charge is 0.237 e. The number of rotatable bonds is 8. The van der Waals surface area contributed by atoms with Crippen LogP contribution in [0.15, 0.2) is 24.3 Å². The molecule has 2 aliphatic heterocycles. The average Bonchev–Trinajstić information content (AvgIpc) is 2.71. The summed E-state index contributed by atoms with van der Waals surface area (Å²) in [7, 11) is 0. The van der Waals surface area contributed by atoms with Crippen molar-refractivity contribution in [2.75, 3.05) is 39.3 Å². The Labute approximate surface area is 174 Å². The van der Waals surface area contributed by atoms with Crippen LogP contribution < -0.4 is 10.1 Å². The van der Waals surface area contributed by atoms with Crippen LogP contribution in [-0.4, -0.2) is 67.1 Å². The molecule has 2 heterocycles. The summed E-state index contributed by atoms with van der Waals surface area (Å²) in [5.41, 5.74) is 0. The summed E-state index contributed by atoms with van der Waals surface area (Å²) >= 11 is 5.89. The van der Waals surface area contributed by atoms with Gasteiger partial charge in [-0.1, -0.05) is 24.9 Å². The normalized spacial score (nSPS) is 22.1. The summed E-state index contributed by atoms with van der Waals surface area (Å²) in [5, 5.41) is 4.06. The van der Waals surface area contributed by atoms with Crippen molar-refractivity contribution in [2.24, 2.45) is 0 Å². The van der Waals surface area contributed by atoms with Gasteiger partial charge >= 0.3 is 0 Å². The predicted molar refractivity (Wildman–Crippen MR) is 114 cm³/mol. The van der Waals surface area contributed by atoms with Gasteiger partial charge in [-0.25, -0.2) is 0 Å². The summed E-state index contributed by atoms with van der Waals surface area (Å²) in [6, 6.07) is 7.89. The van der Waals surface area contributed by atoms with E-state index >= 15 is 0 Å². The molecule has 2 fully saturated rings. The Kier molecular flexibility index (Phi) is 8.44. The lowest BCUT2D eigenvalue weighted by Crippen LogP contribution is -2.53. The van der Waals surface area contributed by atoms with Crippen molar-refractivity contribution in [3.63, 3.8) is 0 Å². The molecule has 0 spiro atoms. The van der Waals surface area contributed by atoms with Crippen LogP contribution in [-0.2, 0) is 4.79 Å². The maximum Gasteiger partial charge on any atom is 0.237 e. The first kappa shape index (κ1) is 21.4. The molecule has 0 saturated carbocycles. The minimum absolute atomic E-state index is 0.0829. The molecule has 0 bridgehead atoms. The largest absolute Gasteiger partial charge is 0.492 e. The maximum absolute atomic E-state index is 12.8. The second-order valence-corrected chi connectivity index (χ2v) is 8.41. The summed E-state index contributed by atoms with van der Waals surface area (Å²) < 4.78 is 5.79. The lowest BCUT2D eigenvalue weighted by Gasteiger charge is -2.37. The monoisotopic (exact) mass is 407 g/mol. The fourth-order valence-electron chi connectivity index (χ4n) is 4.26. The topological polar surface area (TPSA) is 44.8 Å². The Morgan fingerprint density at radius 2 is 1.86 bits per heavy atom. The summed E-state index contributed by atoms with van der Waals surface area (Å²) in [4.78, 5) is 17.6. The van der Waals surface area contributed by atoms with E-state index in [0.29, 0.717) is 12.6 Å². The number of hydrogen-bond acceptors (Lipinski definition) is 4. The molecule has 2 aliphatic rings. The molecule has 1 aromatic carbocycles. The number of ether oxygens (including phenoxy) is 1. The third kappa shape index (κ3) is 6.36. The van der Waals surface area contributed by atoms with Crippen LogP contribution in [0.1, 0.15) is 45.4 Å². The van der Waals surface area contributed by atoms with E-state index in [1.807, 2.05) is 24.3 Å². The van der Waals surface area contributed by atoms with Gasteiger partial charge in [-0.3, -0.25) is 14.6 Å². The Bertz CT molecular complexity index is 600. The zero-order chi connectivity index (χ0) is 19.8. The molecule has 1 atom stereocenters. The number of nitrogens with one attached hydrogen (secondary N) is 1. The fourth-order valence-corrected chi connectivity index (χ4v) is 4.39. The number of halogens is 1. The number of hydrogen-bond donors (Lipinski definition) is 1. The molecular weight excluding hydrogens is 374 g/mol. The number of piperidine rings is 2. The van der Waals surface area contributed by atoms with Crippen LogP contribution >= 0.6 is 11.6 Å². The first-order chi connectivity index (χ1) is 13.7. The van der Waals surface area contributed by atoms with Crippen LogP contribution in [0.3, 0.4) is 0 Å². The van der Waals surface area contributed by atoms with Gasteiger partial charge in [0.1, 0.15) is 12.4 Å². The van der Waals surface area contributed by atoms with E-state index in [1.165, 1.54) is 12.8 Å². The van der Waals surface area contributed by atoms with Gasteiger partial charge < -0.3 is 10.1 Å². The highest BCUT2D eigenvalue weighted by Gasteiger charge is 2.30. The summed E-state index contributed by atoms with van der Waals surface area (Å²) in [5.74, 6) is 1.10. The highest BCUT2D eigenvalue weighted by Crippen LogP contribution is 2.19. The lowest BCUT2D eigenvalue weighted by atomic mass is 9.99. The quantitative estimate of drug-likeness (QED) is 0.715. The minimum Gasteiger partial charge on any atom is -0.492 e. The molecule has 0 aliphatic carbocycles. The van der Waals surface area contributed by atoms with Gasteiger partial charge in [-0.05, 0) is 69.5 Å². The average molecular weight is 408 g/mol. The minimum atomic E-state index is 0.0829. The molecule has 28 heavy (non-hydrogen) atoms. The van der Waals surface area contributed by atoms with E-state index in [9.17, 15) is 4.79 Å². The molecule has 1 N–H and O–H groups in total. The van der Waals surface area contributed by atoms with Crippen molar-refractivity contribution in [3.05, 3.63) is 29.3 Å². The molecule has 1 unspecified atom stereocenters. The zero-order valence-electron chi connectivity index (χ0n) is 17.0. The number of nitrogens with zero attached hydrogens (tertiary/aromatic N) is 2. The molecule has 0 aromatic heterocycles. The Hall–Kier alpha value is -1.30. The number of carbonyl (C=O) groups is 1. The highest BCUT2D eigenvalue weighted by molar-refractivity contribution is 6.30. The van der Waals surface area contributed by atoms with E-state index in [0.717, 1.165) is 69.2 Å².